The van der Waals surface area contributed by atoms with Gasteiger partial charge in [-0.2, -0.15) is 0 Å². The molecule has 2 atom stereocenters. The van der Waals surface area contributed by atoms with Crippen LogP contribution in [0.4, 0.5) is 0 Å². The number of rotatable bonds is 6. The number of ether oxygens (including phenoxy) is 2. The molecule has 0 spiro atoms. The molecular formula is C19H33IN4O2. The summed E-state index contributed by atoms with van der Waals surface area (Å²) in [5.74, 6) is 3.01. The van der Waals surface area contributed by atoms with Gasteiger partial charge in [0.25, 0.3) is 0 Å². The maximum Gasteiger partial charge on any atom is 0.191 e. The minimum Gasteiger partial charge on any atom is -0.497 e. The number of guanidine groups is 1. The Kier molecular flexibility index (Phi) is 9.49. The summed E-state index contributed by atoms with van der Waals surface area (Å²) in [7, 11) is 5.13. The molecular weight excluding hydrogens is 443 g/mol. The summed E-state index contributed by atoms with van der Waals surface area (Å²) in [6, 6.07) is 6.83. The molecule has 0 radical (unpaired) electrons. The first kappa shape index (κ1) is 22.8. The molecule has 0 aromatic heterocycles. The molecule has 7 heteroatoms. The van der Waals surface area contributed by atoms with E-state index in [1.54, 1.807) is 21.3 Å². The fraction of sp³-hybridized carbons (Fsp3) is 0.632. The zero-order valence-electron chi connectivity index (χ0n) is 16.7. The van der Waals surface area contributed by atoms with Crippen molar-refractivity contribution < 1.29 is 9.47 Å². The van der Waals surface area contributed by atoms with Gasteiger partial charge in [-0.3, -0.25) is 9.89 Å². The Labute approximate surface area is 174 Å². The van der Waals surface area contributed by atoms with Gasteiger partial charge in [0.2, 0.25) is 0 Å². The summed E-state index contributed by atoms with van der Waals surface area (Å²) < 4.78 is 10.7. The van der Waals surface area contributed by atoms with Gasteiger partial charge in [0, 0.05) is 50.4 Å². The van der Waals surface area contributed by atoms with Gasteiger partial charge in [-0.05, 0) is 31.9 Å². The van der Waals surface area contributed by atoms with Crippen LogP contribution in [-0.4, -0.2) is 57.3 Å². The molecule has 1 fully saturated rings. The fourth-order valence-electron chi connectivity index (χ4n) is 3.16. The molecule has 1 aromatic carbocycles. The second-order valence-electron chi connectivity index (χ2n) is 6.88. The smallest absolute Gasteiger partial charge is 0.191 e. The molecule has 1 aliphatic heterocycles. The third-order valence-corrected chi connectivity index (χ3v) is 4.86. The summed E-state index contributed by atoms with van der Waals surface area (Å²) in [5.41, 5.74) is 1.06. The van der Waals surface area contributed by atoms with Crippen molar-refractivity contribution in [3.63, 3.8) is 0 Å². The van der Waals surface area contributed by atoms with E-state index in [9.17, 15) is 0 Å². The minimum absolute atomic E-state index is 0. The lowest BCUT2D eigenvalue weighted by atomic mass is 10.1. The van der Waals surface area contributed by atoms with E-state index in [0.717, 1.165) is 36.1 Å². The average Bonchev–Trinajstić information content (AvgIpc) is 2.99. The Morgan fingerprint density at radius 2 is 2.00 bits per heavy atom. The Bertz CT molecular complexity index is 595. The summed E-state index contributed by atoms with van der Waals surface area (Å²) in [5, 5.41) is 6.95. The van der Waals surface area contributed by atoms with Crippen LogP contribution in [-0.2, 0) is 6.54 Å². The van der Waals surface area contributed by atoms with Crippen molar-refractivity contribution in [1.82, 2.24) is 15.5 Å². The zero-order chi connectivity index (χ0) is 18.4. The van der Waals surface area contributed by atoms with Crippen LogP contribution >= 0.6 is 24.0 Å². The number of hydrogen-bond donors (Lipinski definition) is 2. The van der Waals surface area contributed by atoms with Crippen LogP contribution in [0.15, 0.2) is 23.2 Å². The SMILES string of the molecule is CN=C(NCc1ccc(OC)cc1OC)NC1CN(C(C)C)CC1C.I. The van der Waals surface area contributed by atoms with Crippen molar-refractivity contribution in [3.8, 4) is 11.5 Å². The summed E-state index contributed by atoms with van der Waals surface area (Å²) in [6.07, 6.45) is 0. The predicted molar refractivity (Wildman–Crippen MR) is 118 cm³/mol. The summed E-state index contributed by atoms with van der Waals surface area (Å²) >= 11 is 0. The lowest BCUT2D eigenvalue weighted by Gasteiger charge is -2.22. The Balaban J connectivity index is 0.00000338. The molecule has 1 aromatic rings. The Morgan fingerprint density at radius 3 is 2.54 bits per heavy atom. The number of likely N-dealkylation sites (tertiary alicyclic amines) is 1. The number of nitrogens with one attached hydrogen (secondary N) is 2. The van der Waals surface area contributed by atoms with Crippen molar-refractivity contribution in [3.05, 3.63) is 23.8 Å². The molecule has 1 saturated heterocycles. The second kappa shape index (κ2) is 10.8. The van der Waals surface area contributed by atoms with E-state index in [4.69, 9.17) is 9.47 Å². The maximum atomic E-state index is 5.46. The molecule has 0 amide bonds. The monoisotopic (exact) mass is 476 g/mol. The average molecular weight is 476 g/mol. The number of halogens is 1. The molecule has 0 aliphatic carbocycles. The normalized spacial score (nSPS) is 20.7. The maximum absolute atomic E-state index is 5.46. The van der Waals surface area contributed by atoms with Crippen LogP contribution < -0.4 is 20.1 Å². The topological polar surface area (TPSA) is 58.1 Å². The van der Waals surface area contributed by atoms with Crippen LogP contribution in [0.1, 0.15) is 26.3 Å². The molecule has 6 nitrogen and oxygen atoms in total. The molecule has 2 N–H and O–H groups in total. The number of benzene rings is 1. The van der Waals surface area contributed by atoms with Crippen molar-refractivity contribution in [2.45, 2.75) is 39.4 Å². The number of aliphatic imine (C=N–C) groups is 1. The molecule has 2 unspecified atom stereocenters. The fourth-order valence-corrected chi connectivity index (χ4v) is 3.16. The molecule has 2 rings (SSSR count). The predicted octanol–water partition coefficient (Wildman–Crippen LogP) is 2.72. The van der Waals surface area contributed by atoms with E-state index < -0.39 is 0 Å². The third-order valence-electron chi connectivity index (χ3n) is 4.86. The highest BCUT2D eigenvalue weighted by atomic mass is 127. The van der Waals surface area contributed by atoms with Crippen molar-refractivity contribution in [1.29, 1.82) is 0 Å². The molecule has 1 heterocycles. The molecule has 0 bridgehead atoms. The van der Waals surface area contributed by atoms with Crippen LogP contribution in [0, 0.1) is 5.92 Å². The van der Waals surface area contributed by atoms with Gasteiger partial charge in [0.15, 0.2) is 5.96 Å². The lowest BCUT2D eigenvalue weighted by molar-refractivity contribution is 0.265. The number of methoxy groups -OCH3 is 2. The van der Waals surface area contributed by atoms with E-state index in [1.807, 2.05) is 18.2 Å². The van der Waals surface area contributed by atoms with E-state index in [2.05, 4.69) is 41.3 Å². The van der Waals surface area contributed by atoms with Gasteiger partial charge < -0.3 is 20.1 Å². The molecule has 26 heavy (non-hydrogen) atoms. The van der Waals surface area contributed by atoms with Gasteiger partial charge in [-0.25, -0.2) is 0 Å². The second-order valence-corrected chi connectivity index (χ2v) is 6.88. The third kappa shape index (κ3) is 5.90. The lowest BCUT2D eigenvalue weighted by Crippen LogP contribution is -2.46. The first-order valence-electron chi connectivity index (χ1n) is 8.90. The molecule has 0 saturated carbocycles. The Hall–Kier alpha value is -1.22. The summed E-state index contributed by atoms with van der Waals surface area (Å²) in [4.78, 5) is 6.87. The minimum atomic E-state index is 0. The first-order chi connectivity index (χ1) is 12.0. The highest BCUT2D eigenvalue weighted by Gasteiger charge is 2.31. The van der Waals surface area contributed by atoms with Crippen molar-refractivity contribution in [2.75, 3.05) is 34.4 Å². The van der Waals surface area contributed by atoms with E-state index >= 15 is 0 Å². The molecule has 1 aliphatic rings. The van der Waals surface area contributed by atoms with E-state index in [0.29, 0.717) is 24.5 Å². The highest BCUT2D eigenvalue weighted by molar-refractivity contribution is 14.0. The van der Waals surface area contributed by atoms with Crippen LogP contribution in [0.25, 0.3) is 0 Å². The highest BCUT2D eigenvalue weighted by Crippen LogP contribution is 2.24. The van der Waals surface area contributed by atoms with Gasteiger partial charge in [0.1, 0.15) is 11.5 Å². The van der Waals surface area contributed by atoms with E-state index in [1.165, 1.54) is 0 Å². The van der Waals surface area contributed by atoms with Gasteiger partial charge >= 0.3 is 0 Å². The quantitative estimate of drug-likeness (QED) is 0.376. The van der Waals surface area contributed by atoms with Crippen molar-refractivity contribution >= 4 is 29.9 Å². The Morgan fingerprint density at radius 1 is 1.27 bits per heavy atom. The van der Waals surface area contributed by atoms with Gasteiger partial charge in [-0.15, -0.1) is 24.0 Å². The first-order valence-corrected chi connectivity index (χ1v) is 8.90. The zero-order valence-corrected chi connectivity index (χ0v) is 19.0. The standard InChI is InChI=1S/C19H32N4O2.HI/c1-13(2)23-11-14(3)17(12-23)22-19(20-4)21-10-15-7-8-16(24-5)9-18(15)25-6;/h7-9,13-14,17H,10-12H2,1-6H3,(H2,20,21,22);1H. The van der Waals surface area contributed by atoms with E-state index in [-0.39, 0.29) is 24.0 Å². The van der Waals surface area contributed by atoms with Gasteiger partial charge in [-0.1, -0.05) is 6.92 Å². The molecule has 148 valence electrons. The van der Waals surface area contributed by atoms with Crippen LogP contribution in [0.5, 0.6) is 11.5 Å². The number of nitrogens with zero attached hydrogens (tertiary/aromatic N) is 2. The van der Waals surface area contributed by atoms with Crippen LogP contribution in [0.3, 0.4) is 0 Å². The van der Waals surface area contributed by atoms with Gasteiger partial charge in [0.05, 0.1) is 14.2 Å². The van der Waals surface area contributed by atoms with Crippen molar-refractivity contribution in [2.24, 2.45) is 10.9 Å². The number of hydrogen-bond acceptors (Lipinski definition) is 4. The largest absolute Gasteiger partial charge is 0.497 e. The summed E-state index contributed by atoms with van der Waals surface area (Å²) in [6.45, 7) is 9.60. The van der Waals surface area contributed by atoms with Crippen LogP contribution in [0.2, 0.25) is 0 Å².